The molecule has 2 saturated carbocycles. The van der Waals surface area contributed by atoms with Crippen LogP contribution in [0.1, 0.15) is 73.3 Å². The molecule has 4 rings (SSSR count). The zero-order valence-electron chi connectivity index (χ0n) is 14.7. The lowest BCUT2D eigenvalue weighted by atomic mass is 10.2. The van der Waals surface area contributed by atoms with Gasteiger partial charge in [-0.3, -0.25) is 4.68 Å². The summed E-state index contributed by atoms with van der Waals surface area (Å²) in [6, 6.07) is 2.55. The van der Waals surface area contributed by atoms with Gasteiger partial charge in [-0.25, -0.2) is 13.1 Å². The molecular weight excluding hydrogens is 340 g/mol. The third-order valence-electron chi connectivity index (χ3n) is 5.16. The van der Waals surface area contributed by atoms with Crippen molar-refractivity contribution in [2.75, 3.05) is 0 Å². The zero-order chi connectivity index (χ0) is 17.6. The van der Waals surface area contributed by atoms with Crippen molar-refractivity contribution in [1.82, 2.24) is 19.7 Å². The maximum atomic E-state index is 12.6. The Hall–Kier alpha value is -1.67. The van der Waals surface area contributed by atoms with Gasteiger partial charge in [0.05, 0.1) is 18.3 Å². The molecule has 1 N–H and O–H groups in total. The highest BCUT2D eigenvalue weighted by Crippen LogP contribution is 2.43. The van der Waals surface area contributed by atoms with Crippen LogP contribution in [0.25, 0.3) is 0 Å². The molecule has 0 saturated heterocycles. The van der Waals surface area contributed by atoms with Crippen molar-refractivity contribution < 1.29 is 12.9 Å². The van der Waals surface area contributed by atoms with Crippen molar-refractivity contribution in [2.45, 2.75) is 75.8 Å². The number of aromatic nitrogens is 3. The van der Waals surface area contributed by atoms with Crippen LogP contribution in [0.2, 0.25) is 0 Å². The maximum absolute atomic E-state index is 12.6. The third-order valence-corrected chi connectivity index (χ3v) is 6.81. The highest BCUT2D eigenvalue weighted by molar-refractivity contribution is 7.89. The lowest BCUT2D eigenvalue weighted by Gasteiger charge is -2.13. The largest absolute Gasteiger partial charge is 0.360 e. The summed E-state index contributed by atoms with van der Waals surface area (Å²) in [5.41, 5.74) is 2.43. The molecule has 8 heteroatoms. The van der Waals surface area contributed by atoms with Crippen LogP contribution < -0.4 is 4.72 Å². The van der Waals surface area contributed by atoms with Crippen LogP contribution in [0.15, 0.2) is 15.5 Å². The van der Waals surface area contributed by atoms with Crippen molar-refractivity contribution in [3.8, 4) is 0 Å². The SMILES string of the molecule is Cc1noc(C)c1S(=O)(=O)NCc1cc(C2CC2)n(C2CCCC2)n1. The first-order valence-corrected chi connectivity index (χ1v) is 10.4. The molecule has 0 atom stereocenters. The highest BCUT2D eigenvalue weighted by Gasteiger charge is 2.31. The lowest BCUT2D eigenvalue weighted by Crippen LogP contribution is -2.24. The maximum Gasteiger partial charge on any atom is 0.246 e. The van der Waals surface area contributed by atoms with Gasteiger partial charge in [0.1, 0.15) is 10.6 Å². The summed E-state index contributed by atoms with van der Waals surface area (Å²) >= 11 is 0. The average Bonchev–Trinajstić information content (AvgIpc) is 2.98. The normalized spacial score (nSPS) is 19.0. The fourth-order valence-electron chi connectivity index (χ4n) is 3.77. The second-order valence-electron chi connectivity index (χ2n) is 7.20. The summed E-state index contributed by atoms with van der Waals surface area (Å²) < 4.78 is 34.9. The van der Waals surface area contributed by atoms with Crippen LogP contribution in [0.4, 0.5) is 0 Å². The number of nitrogens with one attached hydrogen (secondary N) is 1. The molecule has 0 amide bonds. The van der Waals surface area contributed by atoms with Crippen LogP contribution in [-0.4, -0.2) is 23.4 Å². The Balaban J connectivity index is 1.54. The van der Waals surface area contributed by atoms with E-state index < -0.39 is 10.0 Å². The Morgan fingerprint density at radius 2 is 1.96 bits per heavy atom. The fraction of sp³-hybridized carbons (Fsp3) is 0.647. The minimum Gasteiger partial charge on any atom is -0.360 e. The molecule has 2 aliphatic carbocycles. The molecule has 0 aliphatic heterocycles. The van der Waals surface area contributed by atoms with Crippen molar-refractivity contribution in [3.63, 3.8) is 0 Å². The smallest absolute Gasteiger partial charge is 0.246 e. The van der Waals surface area contributed by atoms with E-state index in [0.717, 1.165) is 5.69 Å². The number of rotatable bonds is 6. The standard InChI is InChI=1S/C17H24N4O3S/c1-11-17(12(2)24-20-11)25(22,23)18-10-14-9-16(13-7-8-13)21(19-14)15-5-3-4-6-15/h9,13,15,18H,3-8,10H2,1-2H3. The molecule has 7 nitrogen and oxygen atoms in total. The topological polar surface area (TPSA) is 90.0 Å². The summed E-state index contributed by atoms with van der Waals surface area (Å²) in [6.07, 6.45) is 7.27. The highest BCUT2D eigenvalue weighted by atomic mass is 32.2. The van der Waals surface area contributed by atoms with Gasteiger partial charge >= 0.3 is 0 Å². The van der Waals surface area contributed by atoms with Gasteiger partial charge in [-0.15, -0.1) is 0 Å². The fourth-order valence-corrected chi connectivity index (χ4v) is 5.10. The molecule has 0 aromatic carbocycles. The van der Waals surface area contributed by atoms with E-state index in [1.807, 2.05) is 0 Å². The van der Waals surface area contributed by atoms with E-state index in [4.69, 9.17) is 9.62 Å². The van der Waals surface area contributed by atoms with E-state index in [9.17, 15) is 8.42 Å². The van der Waals surface area contributed by atoms with Crippen LogP contribution >= 0.6 is 0 Å². The van der Waals surface area contributed by atoms with Crippen molar-refractivity contribution in [2.24, 2.45) is 0 Å². The molecule has 0 unspecified atom stereocenters. The van der Waals surface area contributed by atoms with Gasteiger partial charge in [0.2, 0.25) is 10.0 Å². The Kier molecular flexibility index (Phi) is 4.19. The Labute approximate surface area is 147 Å². The summed E-state index contributed by atoms with van der Waals surface area (Å²) in [6.45, 7) is 3.42. The summed E-state index contributed by atoms with van der Waals surface area (Å²) in [5, 5.41) is 8.46. The summed E-state index contributed by atoms with van der Waals surface area (Å²) in [5.74, 6) is 0.904. The van der Waals surface area contributed by atoms with Crippen LogP contribution in [0, 0.1) is 13.8 Å². The molecular formula is C17H24N4O3S. The predicted octanol–water partition coefficient (Wildman–Crippen LogP) is 2.96. The Bertz CT molecular complexity index is 854. The minimum atomic E-state index is -3.66. The van der Waals surface area contributed by atoms with Gasteiger partial charge in [-0.05, 0) is 45.6 Å². The minimum absolute atomic E-state index is 0.130. The predicted molar refractivity (Wildman–Crippen MR) is 91.7 cm³/mol. The number of nitrogens with zero attached hydrogens (tertiary/aromatic N) is 3. The van der Waals surface area contributed by atoms with E-state index in [0.29, 0.717) is 23.4 Å². The molecule has 2 heterocycles. The second-order valence-corrected chi connectivity index (χ2v) is 8.90. The van der Waals surface area contributed by atoms with Gasteiger partial charge in [0.25, 0.3) is 0 Å². The molecule has 0 radical (unpaired) electrons. The first kappa shape index (κ1) is 16.8. The molecule has 136 valence electrons. The van der Waals surface area contributed by atoms with Crippen LogP contribution in [0.3, 0.4) is 0 Å². The van der Waals surface area contributed by atoms with Crippen molar-refractivity contribution in [3.05, 3.63) is 28.9 Å². The molecule has 2 fully saturated rings. The first-order chi connectivity index (χ1) is 12.0. The van der Waals surface area contributed by atoms with Crippen LogP contribution in [0.5, 0.6) is 0 Å². The Morgan fingerprint density at radius 1 is 1.24 bits per heavy atom. The number of sulfonamides is 1. The average molecular weight is 364 g/mol. The van der Waals surface area contributed by atoms with E-state index in [1.165, 1.54) is 44.2 Å². The zero-order valence-corrected chi connectivity index (χ0v) is 15.5. The quantitative estimate of drug-likeness (QED) is 0.851. The second kappa shape index (κ2) is 6.25. The number of hydrogen-bond acceptors (Lipinski definition) is 5. The monoisotopic (exact) mass is 364 g/mol. The molecule has 0 bridgehead atoms. The van der Waals surface area contributed by atoms with Crippen LogP contribution in [-0.2, 0) is 16.6 Å². The molecule has 2 aliphatic rings. The van der Waals surface area contributed by atoms with E-state index in [-0.39, 0.29) is 11.4 Å². The number of hydrogen-bond donors (Lipinski definition) is 1. The van der Waals surface area contributed by atoms with Gasteiger partial charge in [-0.1, -0.05) is 18.0 Å². The van der Waals surface area contributed by atoms with Crippen molar-refractivity contribution in [1.29, 1.82) is 0 Å². The Morgan fingerprint density at radius 3 is 2.56 bits per heavy atom. The van der Waals surface area contributed by atoms with E-state index >= 15 is 0 Å². The van der Waals surface area contributed by atoms with Crippen molar-refractivity contribution >= 4 is 10.0 Å². The van der Waals surface area contributed by atoms with Gasteiger partial charge in [-0.2, -0.15) is 5.10 Å². The third kappa shape index (κ3) is 3.25. The summed E-state index contributed by atoms with van der Waals surface area (Å²) in [7, 11) is -3.66. The van der Waals surface area contributed by atoms with Gasteiger partial charge < -0.3 is 4.52 Å². The van der Waals surface area contributed by atoms with E-state index in [1.54, 1.807) is 13.8 Å². The number of aryl methyl sites for hydroxylation is 2. The van der Waals surface area contributed by atoms with E-state index in [2.05, 4.69) is 20.6 Å². The molecule has 0 spiro atoms. The van der Waals surface area contributed by atoms with Gasteiger partial charge in [0.15, 0.2) is 5.76 Å². The molecule has 25 heavy (non-hydrogen) atoms. The first-order valence-electron chi connectivity index (χ1n) is 8.96. The molecule has 2 aromatic rings. The van der Waals surface area contributed by atoms with Gasteiger partial charge in [0, 0.05) is 11.6 Å². The summed E-state index contributed by atoms with van der Waals surface area (Å²) in [4.78, 5) is 0.130. The lowest BCUT2D eigenvalue weighted by molar-refractivity contribution is 0.390. The molecule has 2 aromatic heterocycles.